The first-order chi connectivity index (χ1) is 6.16. The maximum absolute atomic E-state index is 10.6. The highest BCUT2D eigenvalue weighted by Gasteiger charge is 2.21. The van der Waals surface area contributed by atoms with Crippen molar-refractivity contribution in [1.82, 2.24) is 4.98 Å². The SMILES string of the molecule is CC1CCc2nc(C(=O)O)sc2C1. The first kappa shape index (κ1) is 8.69. The molecule has 0 saturated carbocycles. The van der Waals surface area contributed by atoms with E-state index in [1.807, 2.05) is 0 Å². The first-order valence-electron chi connectivity index (χ1n) is 4.38. The Morgan fingerprint density at radius 2 is 2.46 bits per heavy atom. The van der Waals surface area contributed by atoms with Crippen molar-refractivity contribution in [2.45, 2.75) is 26.2 Å². The fourth-order valence-electron chi connectivity index (χ4n) is 1.63. The second-order valence-corrected chi connectivity index (χ2v) is 4.63. The van der Waals surface area contributed by atoms with Gasteiger partial charge in [0.05, 0.1) is 5.69 Å². The molecular formula is C9H11NO2S. The zero-order chi connectivity index (χ0) is 9.42. The van der Waals surface area contributed by atoms with Crippen molar-refractivity contribution in [2.24, 2.45) is 5.92 Å². The molecule has 3 nitrogen and oxygen atoms in total. The van der Waals surface area contributed by atoms with Crippen LogP contribution in [0.15, 0.2) is 0 Å². The molecule has 1 unspecified atom stereocenters. The van der Waals surface area contributed by atoms with Crippen molar-refractivity contribution < 1.29 is 9.90 Å². The number of carbonyl (C=O) groups is 1. The van der Waals surface area contributed by atoms with Crippen LogP contribution in [0.25, 0.3) is 0 Å². The van der Waals surface area contributed by atoms with Gasteiger partial charge in [0, 0.05) is 4.88 Å². The number of nitrogens with zero attached hydrogens (tertiary/aromatic N) is 1. The van der Waals surface area contributed by atoms with Crippen LogP contribution >= 0.6 is 11.3 Å². The van der Waals surface area contributed by atoms with E-state index in [1.165, 1.54) is 16.2 Å². The summed E-state index contributed by atoms with van der Waals surface area (Å²) < 4.78 is 0. The van der Waals surface area contributed by atoms with Gasteiger partial charge in [-0.1, -0.05) is 6.92 Å². The number of fused-ring (bicyclic) bond motifs is 1. The molecule has 0 amide bonds. The highest BCUT2D eigenvalue weighted by Crippen LogP contribution is 2.29. The number of carboxylic acids is 1. The van der Waals surface area contributed by atoms with Crippen molar-refractivity contribution in [2.75, 3.05) is 0 Å². The molecule has 0 saturated heterocycles. The van der Waals surface area contributed by atoms with Gasteiger partial charge in [-0.05, 0) is 25.2 Å². The third kappa shape index (κ3) is 1.58. The van der Waals surface area contributed by atoms with Crippen LogP contribution in [0, 0.1) is 5.92 Å². The maximum Gasteiger partial charge on any atom is 0.365 e. The predicted octanol–water partition coefficient (Wildman–Crippen LogP) is 1.97. The monoisotopic (exact) mass is 197 g/mol. The van der Waals surface area contributed by atoms with E-state index in [1.54, 1.807) is 0 Å². The van der Waals surface area contributed by atoms with E-state index in [-0.39, 0.29) is 5.01 Å². The second kappa shape index (κ2) is 3.10. The van der Waals surface area contributed by atoms with E-state index in [9.17, 15) is 4.79 Å². The number of hydrogen-bond acceptors (Lipinski definition) is 3. The lowest BCUT2D eigenvalue weighted by Crippen LogP contribution is -2.09. The van der Waals surface area contributed by atoms with Gasteiger partial charge in [-0.15, -0.1) is 11.3 Å². The van der Waals surface area contributed by atoms with Gasteiger partial charge in [-0.25, -0.2) is 9.78 Å². The van der Waals surface area contributed by atoms with Crippen LogP contribution in [0.4, 0.5) is 0 Å². The summed E-state index contributed by atoms with van der Waals surface area (Å²) in [6.07, 6.45) is 3.08. The summed E-state index contributed by atoms with van der Waals surface area (Å²) >= 11 is 1.34. The van der Waals surface area contributed by atoms with Crippen molar-refractivity contribution in [3.63, 3.8) is 0 Å². The molecule has 0 radical (unpaired) electrons. The van der Waals surface area contributed by atoms with E-state index in [2.05, 4.69) is 11.9 Å². The third-order valence-electron chi connectivity index (χ3n) is 2.37. The summed E-state index contributed by atoms with van der Waals surface area (Å²) in [7, 11) is 0. The van der Waals surface area contributed by atoms with Gasteiger partial charge in [0.15, 0.2) is 0 Å². The van der Waals surface area contributed by atoms with E-state index in [4.69, 9.17) is 5.11 Å². The largest absolute Gasteiger partial charge is 0.476 e. The zero-order valence-corrected chi connectivity index (χ0v) is 8.23. The van der Waals surface area contributed by atoms with Crippen LogP contribution in [0.2, 0.25) is 0 Å². The molecule has 1 atom stereocenters. The van der Waals surface area contributed by atoms with E-state index in [0.717, 1.165) is 25.0 Å². The van der Waals surface area contributed by atoms with Gasteiger partial charge in [-0.2, -0.15) is 0 Å². The van der Waals surface area contributed by atoms with E-state index >= 15 is 0 Å². The Balaban J connectivity index is 2.33. The highest BCUT2D eigenvalue weighted by molar-refractivity contribution is 7.13. The second-order valence-electron chi connectivity index (χ2n) is 3.54. The number of aromatic nitrogens is 1. The first-order valence-corrected chi connectivity index (χ1v) is 5.20. The summed E-state index contributed by atoms with van der Waals surface area (Å²) in [4.78, 5) is 15.9. The molecule has 1 aromatic rings. The average Bonchev–Trinajstić information content (AvgIpc) is 2.46. The minimum atomic E-state index is -0.896. The molecule has 2 rings (SSSR count). The molecule has 0 aromatic carbocycles. The Kier molecular flexibility index (Phi) is 2.07. The molecule has 1 aliphatic rings. The zero-order valence-electron chi connectivity index (χ0n) is 7.41. The van der Waals surface area contributed by atoms with Crippen LogP contribution in [0.5, 0.6) is 0 Å². The van der Waals surface area contributed by atoms with Gasteiger partial charge in [0.25, 0.3) is 0 Å². The lowest BCUT2D eigenvalue weighted by Gasteiger charge is -2.15. The highest BCUT2D eigenvalue weighted by atomic mass is 32.1. The van der Waals surface area contributed by atoms with Crippen LogP contribution in [0.3, 0.4) is 0 Å². The third-order valence-corrected chi connectivity index (χ3v) is 3.48. The van der Waals surface area contributed by atoms with Crippen molar-refractivity contribution in [3.8, 4) is 0 Å². The molecule has 1 N–H and O–H groups in total. The quantitative estimate of drug-likeness (QED) is 0.748. The number of rotatable bonds is 1. The van der Waals surface area contributed by atoms with Gasteiger partial charge in [0.2, 0.25) is 5.01 Å². The number of aromatic carboxylic acids is 1. The number of thiazole rings is 1. The van der Waals surface area contributed by atoms with E-state index in [0.29, 0.717) is 5.92 Å². The molecule has 0 aliphatic heterocycles. The van der Waals surface area contributed by atoms with Gasteiger partial charge in [0.1, 0.15) is 0 Å². The summed E-state index contributed by atoms with van der Waals surface area (Å²) in [6, 6.07) is 0. The van der Waals surface area contributed by atoms with Crippen molar-refractivity contribution >= 4 is 17.3 Å². The minimum Gasteiger partial charge on any atom is -0.476 e. The van der Waals surface area contributed by atoms with E-state index < -0.39 is 5.97 Å². The molecule has 1 aromatic heterocycles. The van der Waals surface area contributed by atoms with Crippen molar-refractivity contribution in [3.05, 3.63) is 15.6 Å². The Bertz CT molecular complexity index is 345. The molecule has 70 valence electrons. The Labute approximate surface area is 80.4 Å². The summed E-state index contributed by atoms with van der Waals surface area (Å²) in [6.45, 7) is 2.20. The smallest absolute Gasteiger partial charge is 0.365 e. The average molecular weight is 197 g/mol. The number of carboxylic acid groups (broad SMARTS) is 1. The maximum atomic E-state index is 10.6. The molecule has 0 spiro atoms. The molecule has 0 bridgehead atoms. The lowest BCUT2D eigenvalue weighted by molar-refractivity contribution is 0.0696. The number of aryl methyl sites for hydroxylation is 1. The summed E-state index contributed by atoms with van der Waals surface area (Å²) in [5, 5.41) is 9.00. The standard InChI is InChI=1S/C9H11NO2S/c1-5-2-3-6-7(4-5)13-8(10-6)9(11)12/h5H,2-4H2,1H3,(H,11,12). The number of hydrogen-bond donors (Lipinski definition) is 1. The molecule has 1 aliphatic carbocycles. The van der Waals surface area contributed by atoms with Gasteiger partial charge < -0.3 is 5.11 Å². The van der Waals surface area contributed by atoms with Crippen LogP contribution < -0.4 is 0 Å². The topological polar surface area (TPSA) is 50.2 Å². The Hall–Kier alpha value is -0.900. The normalized spacial score (nSPS) is 21.2. The van der Waals surface area contributed by atoms with Crippen molar-refractivity contribution in [1.29, 1.82) is 0 Å². The fourth-order valence-corrected chi connectivity index (χ4v) is 2.74. The lowest BCUT2D eigenvalue weighted by atomic mass is 9.93. The molecule has 13 heavy (non-hydrogen) atoms. The van der Waals surface area contributed by atoms with Crippen LogP contribution in [-0.4, -0.2) is 16.1 Å². The predicted molar refractivity (Wildman–Crippen MR) is 50.3 cm³/mol. The Morgan fingerprint density at radius 1 is 1.69 bits per heavy atom. The Morgan fingerprint density at radius 3 is 3.15 bits per heavy atom. The van der Waals surface area contributed by atoms with Crippen LogP contribution in [0.1, 0.15) is 33.7 Å². The fraction of sp³-hybridized carbons (Fsp3) is 0.556. The molecule has 4 heteroatoms. The minimum absolute atomic E-state index is 0.249. The molecule has 1 heterocycles. The van der Waals surface area contributed by atoms with Gasteiger partial charge >= 0.3 is 5.97 Å². The molecular weight excluding hydrogens is 186 g/mol. The molecule has 0 fully saturated rings. The summed E-state index contributed by atoms with van der Waals surface area (Å²) in [5.41, 5.74) is 1.01. The van der Waals surface area contributed by atoms with Crippen LogP contribution in [-0.2, 0) is 12.8 Å². The summed E-state index contributed by atoms with van der Waals surface area (Å²) in [5.74, 6) is -0.221. The van der Waals surface area contributed by atoms with Gasteiger partial charge in [-0.3, -0.25) is 0 Å².